The van der Waals surface area contributed by atoms with Crippen LogP contribution in [0.2, 0.25) is 0 Å². The summed E-state index contributed by atoms with van der Waals surface area (Å²) in [6, 6.07) is 0. The van der Waals surface area contributed by atoms with Crippen LogP contribution in [0.4, 0.5) is 0 Å². The Hall–Kier alpha value is -0.0800. The first kappa shape index (κ1) is 9.33. The summed E-state index contributed by atoms with van der Waals surface area (Å²) in [4.78, 5) is 0. The third kappa shape index (κ3) is 5220. The standard InChI is InChI=1S/C3H8O.CH5N/c1-3(2)4;1-2/h3-4H,1-2H3;2H2,1H3. The second kappa shape index (κ2) is 8.87. The van der Waals surface area contributed by atoms with Crippen LogP contribution in [0.1, 0.15) is 13.8 Å². The van der Waals surface area contributed by atoms with E-state index in [9.17, 15) is 0 Å². The van der Waals surface area contributed by atoms with Gasteiger partial charge in [-0.25, -0.2) is 0 Å². The van der Waals surface area contributed by atoms with Crippen LogP contribution in [0.5, 0.6) is 0 Å². The zero-order chi connectivity index (χ0) is 5.58. The number of nitrogens with two attached hydrogens (primary N) is 1. The third-order valence-corrected chi connectivity index (χ3v) is 0. The molecule has 0 atom stereocenters. The molecule has 0 bridgehead atoms. The molecule has 0 aliphatic heterocycles. The number of rotatable bonds is 0. The fourth-order valence-corrected chi connectivity index (χ4v) is 0. The SMILES string of the molecule is CC(C)O.CN. The van der Waals surface area contributed by atoms with Gasteiger partial charge in [0.2, 0.25) is 0 Å². The normalized spacial score (nSPS) is 7.00. The van der Waals surface area contributed by atoms with Crippen LogP contribution in [0.15, 0.2) is 0 Å². The van der Waals surface area contributed by atoms with Crippen molar-refractivity contribution in [3.8, 4) is 0 Å². The molecule has 2 heteroatoms. The smallest absolute Gasteiger partial charge is 0.0483 e. The summed E-state index contributed by atoms with van der Waals surface area (Å²) in [6.07, 6.45) is -0.167. The van der Waals surface area contributed by atoms with Crippen LogP contribution in [0, 0.1) is 0 Å². The van der Waals surface area contributed by atoms with Crippen LogP contribution in [0.25, 0.3) is 0 Å². The fourth-order valence-electron chi connectivity index (χ4n) is 0. The van der Waals surface area contributed by atoms with E-state index in [0.29, 0.717) is 0 Å². The molecule has 0 radical (unpaired) electrons. The topological polar surface area (TPSA) is 46.2 Å². The predicted molar refractivity (Wildman–Crippen MR) is 27.5 cm³/mol. The Labute approximate surface area is 39.0 Å². The molecular formula is C4H13NO. The number of aliphatic hydroxyl groups excluding tert-OH is 1. The van der Waals surface area contributed by atoms with E-state index in [2.05, 4.69) is 5.73 Å². The van der Waals surface area contributed by atoms with Crippen molar-refractivity contribution in [2.75, 3.05) is 7.05 Å². The molecule has 6 heavy (non-hydrogen) atoms. The van der Waals surface area contributed by atoms with E-state index in [1.165, 1.54) is 7.05 Å². The van der Waals surface area contributed by atoms with E-state index in [-0.39, 0.29) is 6.10 Å². The molecule has 2 nitrogen and oxygen atoms in total. The molecule has 0 spiro atoms. The van der Waals surface area contributed by atoms with Gasteiger partial charge in [-0.05, 0) is 20.9 Å². The van der Waals surface area contributed by atoms with Gasteiger partial charge < -0.3 is 10.8 Å². The van der Waals surface area contributed by atoms with E-state index in [4.69, 9.17) is 5.11 Å². The average molecular weight is 91.2 g/mol. The van der Waals surface area contributed by atoms with Crippen molar-refractivity contribution in [1.29, 1.82) is 0 Å². The molecule has 0 aromatic carbocycles. The fraction of sp³-hybridized carbons (Fsp3) is 1.00. The number of hydrogen-bond acceptors (Lipinski definition) is 2. The Morgan fingerprint density at radius 1 is 1.33 bits per heavy atom. The quantitative estimate of drug-likeness (QED) is 0.439. The highest BCUT2D eigenvalue weighted by atomic mass is 16.3. The van der Waals surface area contributed by atoms with Crippen molar-refractivity contribution in [3.05, 3.63) is 0 Å². The summed E-state index contributed by atoms with van der Waals surface area (Å²) in [7, 11) is 1.50. The summed E-state index contributed by atoms with van der Waals surface area (Å²) < 4.78 is 0. The van der Waals surface area contributed by atoms with Crippen molar-refractivity contribution in [2.45, 2.75) is 20.0 Å². The summed E-state index contributed by atoms with van der Waals surface area (Å²) in [6.45, 7) is 3.44. The van der Waals surface area contributed by atoms with E-state index >= 15 is 0 Å². The molecule has 0 saturated heterocycles. The van der Waals surface area contributed by atoms with Gasteiger partial charge in [0.25, 0.3) is 0 Å². The van der Waals surface area contributed by atoms with Gasteiger partial charge in [0.05, 0.1) is 0 Å². The van der Waals surface area contributed by atoms with Gasteiger partial charge >= 0.3 is 0 Å². The lowest BCUT2D eigenvalue weighted by Gasteiger charge is -1.80. The van der Waals surface area contributed by atoms with Gasteiger partial charge in [-0.3, -0.25) is 0 Å². The lowest BCUT2D eigenvalue weighted by molar-refractivity contribution is 0.216. The van der Waals surface area contributed by atoms with Crippen molar-refractivity contribution >= 4 is 0 Å². The second-order valence-corrected chi connectivity index (χ2v) is 1.09. The molecule has 3 N–H and O–H groups in total. The maximum atomic E-state index is 8.06. The third-order valence-electron chi connectivity index (χ3n) is 0. The van der Waals surface area contributed by atoms with Crippen molar-refractivity contribution in [3.63, 3.8) is 0 Å². The van der Waals surface area contributed by atoms with Gasteiger partial charge in [-0.1, -0.05) is 0 Å². The Morgan fingerprint density at radius 3 is 1.33 bits per heavy atom. The predicted octanol–water partition coefficient (Wildman–Crippen LogP) is -0.0380. The molecule has 40 valence electrons. The second-order valence-electron chi connectivity index (χ2n) is 1.09. The molecule has 0 aliphatic rings. The molecule has 0 rings (SSSR count). The Balaban J connectivity index is 0. The largest absolute Gasteiger partial charge is 0.394 e. The van der Waals surface area contributed by atoms with Crippen molar-refractivity contribution in [2.24, 2.45) is 5.73 Å². The molecule has 0 aliphatic carbocycles. The van der Waals surface area contributed by atoms with E-state index < -0.39 is 0 Å². The Bertz CT molecular complexity index is 12.3. The highest BCUT2D eigenvalue weighted by Gasteiger charge is 1.69. The van der Waals surface area contributed by atoms with Crippen LogP contribution in [0.3, 0.4) is 0 Å². The monoisotopic (exact) mass is 91.1 g/mol. The minimum Gasteiger partial charge on any atom is -0.394 e. The molecule has 0 amide bonds. The molecule has 0 heterocycles. The highest BCUT2D eigenvalue weighted by molar-refractivity contribution is 4.20. The molecule has 0 fully saturated rings. The van der Waals surface area contributed by atoms with E-state index in [1.807, 2.05) is 0 Å². The Morgan fingerprint density at radius 2 is 1.33 bits per heavy atom. The van der Waals surface area contributed by atoms with Gasteiger partial charge in [0.1, 0.15) is 0 Å². The summed E-state index contributed by atoms with van der Waals surface area (Å²) >= 11 is 0. The summed E-state index contributed by atoms with van der Waals surface area (Å²) in [5.74, 6) is 0. The zero-order valence-corrected chi connectivity index (χ0v) is 4.60. The molecule has 0 saturated carbocycles. The maximum absolute atomic E-state index is 8.06. The minimum atomic E-state index is -0.167. The van der Waals surface area contributed by atoms with Gasteiger partial charge in [-0.2, -0.15) is 0 Å². The van der Waals surface area contributed by atoms with Crippen molar-refractivity contribution < 1.29 is 5.11 Å². The lowest BCUT2D eigenvalue weighted by Crippen LogP contribution is -1.85. The van der Waals surface area contributed by atoms with Crippen LogP contribution in [-0.4, -0.2) is 18.3 Å². The average Bonchev–Trinajstić information content (AvgIpc) is 1.41. The molecule has 0 unspecified atom stereocenters. The van der Waals surface area contributed by atoms with Gasteiger partial charge in [0.15, 0.2) is 0 Å². The van der Waals surface area contributed by atoms with Crippen molar-refractivity contribution in [1.82, 2.24) is 0 Å². The van der Waals surface area contributed by atoms with E-state index in [0.717, 1.165) is 0 Å². The van der Waals surface area contributed by atoms with Gasteiger partial charge in [0, 0.05) is 6.10 Å². The Kier molecular flexibility index (Phi) is 13.8. The molecule has 0 aromatic rings. The highest BCUT2D eigenvalue weighted by Crippen LogP contribution is 1.65. The first-order chi connectivity index (χ1) is 2.73. The number of hydrogen-bond donors (Lipinski definition) is 2. The minimum absolute atomic E-state index is 0.167. The summed E-state index contributed by atoms with van der Waals surface area (Å²) in [5.41, 5.74) is 4.50. The van der Waals surface area contributed by atoms with Crippen LogP contribution in [-0.2, 0) is 0 Å². The van der Waals surface area contributed by atoms with Gasteiger partial charge in [-0.15, -0.1) is 0 Å². The van der Waals surface area contributed by atoms with E-state index in [1.54, 1.807) is 13.8 Å². The molecular weight excluding hydrogens is 78.1 g/mol. The van der Waals surface area contributed by atoms with Crippen LogP contribution < -0.4 is 5.73 Å². The van der Waals surface area contributed by atoms with Crippen LogP contribution >= 0.6 is 0 Å². The zero-order valence-electron chi connectivity index (χ0n) is 4.60. The molecule has 0 aromatic heterocycles. The first-order valence-electron chi connectivity index (χ1n) is 1.99. The summed E-state index contributed by atoms with van der Waals surface area (Å²) in [5, 5.41) is 8.06. The maximum Gasteiger partial charge on any atom is 0.0483 e. The number of aliphatic hydroxyl groups is 1. The first-order valence-corrected chi connectivity index (χ1v) is 1.99. The lowest BCUT2D eigenvalue weighted by atomic mass is 10.5.